The van der Waals surface area contributed by atoms with Crippen LogP contribution in [0.4, 0.5) is 13.2 Å². The van der Waals surface area contributed by atoms with Gasteiger partial charge in [0.05, 0.1) is 12.1 Å². The van der Waals surface area contributed by atoms with Crippen LogP contribution in [-0.2, 0) is 19.8 Å². The molecule has 0 atom stereocenters. The van der Waals surface area contributed by atoms with Gasteiger partial charge < -0.3 is 19.9 Å². The Kier molecular flexibility index (Phi) is 9.16. The fourth-order valence-electron chi connectivity index (χ4n) is 2.08. The number of aliphatic imine (C=N–C) groups is 1. The van der Waals surface area contributed by atoms with Crippen molar-refractivity contribution in [2.24, 2.45) is 12.0 Å². The molecular weight excluding hydrogens is 498 g/mol. The summed E-state index contributed by atoms with van der Waals surface area (Å²) >= 11 is 5.78. The number of halogens is 5. The number of ether oxygens (including phenoxy) is 1. The van der Waals surface area contributed by atoms with E-state index in [4.69, 9.17) is 16.3 Å². The van der Waals surface area contributed by atoms with E-state index in [0.29, 0.717) is 25.2 Å². The van der Waals surface area contributed by atoms with Gasteiger partial charge in [0.2, 0.25) is 5.88 Å². The van der Waals surface area contributed by atoms with E-state index >= 15 is 0 Å². The second-order valence-electron chi connectivity index (χ2n) is 5.39. The number of aryl methyl sites for hydroxylation is 1. The van der Waals surface area contributed by atoms with Crippen LogP contribution in [0.15, 0.2) is 35.7 Å². The Morgan fingerprint density at radius 1 is 1.37 bits per heavy atom. The van der Waals surface area contributed by atoms with E-state index in [1.807, 2.05) is 30.1 Å². The lowest BCUT2D eigenvalue weighted by atomic mass is 10.3. The molecule has 6 nitrogen and oxygen atoms in total. The van der Waals surface area contributed by atoms with Crippen LogP contribution in [0.5, 0.6) is 5.88 Å². The van der Waals surface area contributed by atoms with Crippen LogP contribution in [0.3, 0.4) is 0 Å². The quantitative estimate of drug-likeness (QED) is 0.267. The molecule has 0 bridgehead atoms. The number of alkyl halides is 3. The van der Waals surface area contributed by atoms with Crippen LogP contribution in [0.1, 0.15) is 11.1 Å². The highest BCUT2D eigenvalue weighted by molar-refractivity contribution is 14.0. The van der Waals surface area contributed by atoms with Crippen LogP contribution in [0.25, 0.3) is 0 Å². The zero-order valence-electron chi connectivity index (χ0n) is 14.7. The van der Waals surface area contributed by atoms with Crippen LogP contribution in [0.2, 0.25) is 5.02 Å². The SMILES string of the molecule is CN=C(NCCOc1ncc(C(F)(F)F)cc1Cl)NCc1ccn(C)c1.I. The number of nitrogens with zero attached hydrogens (tertiary/aromatic N) is 3. The first kappa shape index (κ1) is 23.3. The van der Waals surface area contributed by atoms with Gasteiger partial charge in [0.15, 0.2) is 5.96 Å². The molecule has 0 saturated carbocycles. The average Bonchev–Trinajstić information content (AvgIpc) is 3.00. The van der Waals surface area contributed by atoms with Gasteiger partial charge in [0.25, 0.3) is 0 Å². The third-order valence-electron chi connectivity index (χ3n) is 3.34. The largest absolute Gasteiger partial charge is 0.475 e. The van der Waals surface area contributed by atoms with E-state index in [1.165, 1.54) is 0 Å². The van der Waals surface area contributed by atoms with E-state index < -0.39 is 11.7 Å². The van der Waals surface area contributed by atoms with E-state index in [-0.39, 0.29) is 41.5 Å². The van der Waals surface area contributed by atoms with Gasteiger partial charge in [-0.2, -0.15) is 13.2 Å². The normalized spacial score (nSPS) is 11.7. The summed E-state index contributed by atoms with van der Waals surface area (Å²) in [5.41, 5.74) is 0.186. The molecule has 27 heavy (non-hydrogen) atoms. The topological polar surface area (TPSA) is 63.5 Å². The fourth-order valence-corrected chi connectivity index (χ4v) is 2.30. The molecule has 0 spiro atoms. The summed E-state index contributed by atoms with van der Waals surface area (Å²) in [5.74, 6) is 0.526. The molecule has 0 radical (unpaired) electrons. The van der Waals surface area contributed by atoms with Gasteiger partial charge in [-0.15, -0.1) is 24.0 Å². The molecule has 11 heteroatoms. The van der Waals surface area contributed by atoms with Gasteiger partial charge in [0, 0.05) is 39.2 Å². The fraction of sp³-hybridized carbons (Fsp3) is 0.375. The van der Waals surface area contributed by atoms with Crippen molar-refractivity contribution in [2.45, 2.75) is 12.7 Å². The summed E-state index contributed by atoms with van der Waals surface area (Å²) in [6.07, 6.45) is 0.131. The molecule has 2 aromatic rings. The summed E-state index contributed by atoms with van der Waals surface area (Å²) in [6, 6.07) is 2.78. The second kappa shape index (κ2) is 10.6. The number of hydrogen-bond donors (Lipinski definition) is 2. The Balaban J connectivity index is 0.00000364. The standard InChI is InChI=1S/C16H19ClF3N5O.HI/c1-21-15(24-8-11-3-5-25(2)10-11)22-4-6-26-14-13(17)7-12(9-23-14)16(18,19)20;/h3,5,7,9-10H,4,6,8H2,1-2H3,(H2,21,22,24);1H. The zero-order valence-corrected chi connectivity index (χ0v) is 17.8. The zero-order chi connectivity index (χ0) is 19.2. The van der Waals surface area contributed by atoms with Crippen molar-refractivity contribution in [3.63, 3.8) is 0 Å². The summed E-state index contributed by atoms with van der Waals surface area (Å²) in [6.45, 7) is 1.13. The molecule has 2 rings (SSSR count). The second-order valence-corrected chi connectivity index (χ2v) is 5.80. The molecule has 0 aliphatic rings. The van der Waals surface area contributed by atoms with E-state index in [0.717, 1.165) is 11.6 Å². The van der Waals surface area contributed by atoms with Crippen molar-refractivity contribution in [1.82, 2.24) is 20.2 Å². The Morgan fingerprint density at radius 3 is 2.67 bits per heavy atom. The number of guanidine groups is 1. The molecule has 0 aliphatic heterocycles. The third-order valence-corrected chi connectivity index (χ3v) is 3.62. The van der Waals surface area contributed by atoms with Crippen LogP contribution in [0, 0.1) is 0 Å². The van der Waals surface area contributed by atoms with Gasteiger partial charge in [-0.1, -0.05) is 11.6 Å². The molecule has 0 unspecified atom stereocenters. The maximum Gasteiger partial charge on any atom is 0.417 e. The minimum Gasteiger partial charge on any atom is -0.475 e. The number of rotatable bonds is 6. The van der Waals surface area contributed by atoms with Crippen molar-refractivity contribution >= 4 is 41.5 Å². The summed E-state index contributed by atoms with van der Waals surface area (Å²) in [7, 11) is 3.57. The predicted octanol–water partition coefficient (Wildman–Crippen LogP) is 3.45. The van der Waals surface area contributed by atoms with Crippen LogP contribution >= 0.6 is 35.6 Å². The summed E-state index contributed by atoms with van der Waals surface area (Å²) in [4.78, 5) is 7.69. The Bertz CT molecular complexity index is 767. The highest BCUT2D eigenvalue weighted by Crippen LogP contribution is 2.32. The van der Waals surface area contributed by atoms with E-state index in [2.05, 4.69) is 20.6 Å². The smallest absolute Gasteiger partial charge is 0.417 e. The molecule has 0 saturated heterocycles. The molecule has 2 heterocycles. The molecule has 2 N–H and O–H groups in total. The van der Waals surface area contributed by atoms with Gasteiger partial charge in [-0.05, 0) is 17.7 Å². The van der Waals surface area contributed by atoms with Crippen molar-refractivity contribution in [3.05, 3.63) is 46.9 Å². The molecule has 2 aromatic heterocycles. The average molecular weight is 518 g/mol. The number of nitrogens with one attached hydrogen (secondary N) is 2. The Morgan fingerprint density at radius 2 is 2.11 bits per heavy atom. The maximum atomic E-state index is 12.6. The Labute approximate surface area is 177 Å². The Hall–Kier alpha value is -1.69. The number of pyridine rings is 1. The molecule has 150 valence electrons. The molecule has 0 aromatic carbocycles. The lowest BCUT2D eigenvalue weighted by Gasteiger charge is -2.13. The highest BCUT2D eigenvalue weighted by Gasteiger charge is 2.31. The molecule has 0 fully saturated rings. The minimum atomic E-state index is -4.49. The minimum absolute atomic E-state index is 0. The van der Waals surface area contributed by atoms with Gasteiger partial charge in [-0.3, -0.25) is 4.99 Å². The van der Waals surface area contributed by atoms with Crippen molar-refractivity contribution in [2.75, 3.05) is 20.2 Å². The molecule has 0 amide bonds. The predicted molar refractivity (Wildman–Crippen MR) is 109 cm³/mol. The van der Waals surface area contributed by atoms with Gasteiger partial charge in [-0.25, -0.2) is 4.98 Å². The highest BCUT2D eigenvalue weighted by atomic mass is 127. The lowest BCUT2D eigenvalue weighted by Crippen LogP contribution is -2.38. The van der Waals surface area contributed by atoms with Crippen LogP contribution < -0.4 is 15.4 Å². The first-order valence-corrected chi connectivity index (χ1v) is 8.08. The summed E-state index contributed by atoms with van der Waals surface area (Å²) in [5, 5.41) is 5.98. The van der Waals surface area contributed by atoms with Gasteiger partial charge in [0.1, 0.15) is 11.6 Å². The van der Waals surface area contributed by atoms with Gasteiger partial charge >= 0.3 is 6.18 Å². The first-order chi connectivity index (χ1) is 12.3. The van der Waals surface area contributed by atoms with Crippen molar-refractivity contribution < 1.29 is 17.9 Å². The number of aromatic nitrogens is 2. The molecule has 0 aliphatic carbocycles. The van der Waals surface area contributed by atoms with E-state index in [9.17, 15) is 13.2 Å². The van der Waals surface area contributed by atoms with E-state index in [1.54, 1.807) is 7.05 Å². The monoisotopic (exact) mass is 517 g/mol. The first-order valence-electron chi connectivity index (χ1n) is 7.70. The van der Waals surface area contributed by atoms with Crippen molar-refractivity contribution in [1.29, 1.82) is 0 Å². The third kappa shape index (κ3) is 7.45. The van der Waals surface area contributed by atoms with Crippen molar-refractivity contribution in [3.8, 4) is 5.88 Å². The van der Waals surface area contributed by atoms with Crippen LogP contribution in [-0.4, -0.2) is 35.7 Å². The molecular formula is C16H20ClF3IN5O. The lowest BCUT2D eigenvalue weighted by molar-refractivity contribution is -0.137. The number of hydrogen-bond acceptors (Lipinski definition) is 3. The maximum absolute atomic E-state index is 12.6. The summed E-state index contributed by atoms with van der Waals surface area (Å²) < 4.78 is 44.9.